The highest BCUT2D eigenvalue weighted by Gasteiger charge is 2.53. The van der Waals surface area contributed by atoms with E-state index in [0.717, 1.165) is 28.8 Å². The van der Waals surface area contributed by atoms with Crippen LogP contribution in [0.25, 0.3) is 11.4 Å². The number of anilines is 1. The van der Waals surface area contributed by atoms with Gasteiger partial charge in [-0.3, -0.25) is 4.98 Å². The molecule has 0 aliphatic heterocycles. The summed E-state index contributed by atoms with van der Waals surface area (Å²) < 4.78 is 0. The third-order valence-electron chi connectivity index (χ3n) is 5.42. The van der Waals surface area contributed by atoms with Gasteiger partial charge in [0, 0.05) is 41.7 Å². The summed E-state index contributed by atoms with van der Waals surface area (Å²) in [5, 5.41) is 3.68. The molecular formula is C21H20N4. The van der Waals surface area contributed by atoms with E-state index in [4.69, 9.17) is 4.98 Å². The van der Waals surface area contributed by atoms with E-state index in [-0.39, 0.29) is 0 Å². The fourth-order valence-electron chi connectivity index (χ4n) is 4.20. The van der Waals surface area contributed by atoms with Crippen LogP contribution in [0.2, 0.25) is 0 Å². The van der Waals surface area contributed by atoms with E-state index in [1.165, 1.54) is 24.0 Å². The summed E-state index contributed by atoms with van der Waals surface area (Å²) in [4.78, 5) is 13.5. The Balaban J connectivity index is 1.42. The van der Waals surface area contributed by atoms with Crippen LogP contribution in [0.15, 0.2) is 54.9 Å². The second-order valence-corrected chi connectivity index (χ2v) is 7.06. The molecular weight excluding hydrogens is 308 g/mol. The van der Waals surface area contributed by atoms with E-state index in [0.29, 0.717) is 12.0 Å². The highest BCUT2D eigenvalue weighted by atomic mass is 15.1. The lowest BCUT2D eigenvalue weighted by Crippen LogP contribution is -2.08. The molecule has 3 atom stereocenters. The zero-order valence-electron chi connectivity index (χ0n) is 14.2. The number of rotatable bonds is 3. The Kier molecular flexibility index (Phi) is 3.30. The van der Waals surface area contributed by atoms with Gasteiger partial charge in [0.05, 0.1) is 0 Å². The zero-order valence-corrected chi connectivity index (χ0v) is 14.2. The lowest BCUT2D eigenvalue weighted by atomic mass is 9.92. The average Bonchev–Trinajstić information content (AvgIpc) is 3.35. The van der Waals surface area contributed by atoms with Crippen LogP contribution in [0.1, 0.15) is 29.2 Å². The van der Waals surface area contributed by atoms with Crippen molar-refractivity contribution in [3.05, 3.63) is 71.7 Å². The van der Waals surface area contributed by atoms with Gasteiger partial charge in [0.2, 0.25) is 0 Å². The first-order valence-electron chi connectivity index (χ1n) is 8.90. The van der Waals surface area contributed by atoms with Crippen molar-refractivity contribution >= 4 is 5.82 Å². The molecule has 25 heavy (non-hydrogen) atoms. The molecule has 1 saturated carbocycles. The molecule has 4 nitrogen and oxygen atoms in total. The molecule has 124 valence electrons. The number of aryl methyl sites for hydroxylation is 2. The summed E-state index contributed by atoms with van der Waals surface area (Å²) in [6, 6.07) is 15.3. The number of benzene rings is 1. The van der Waals surface area contributed by atoms with Crippen LogP contribution >= 0.6 is 0 Å². The van der Waals surface area contributed by atoms with Crippen LogP contribution in [-0.4, -0.2) is 21.0 Å². The van der Waals surface area contributed by atoms with Crippen molar-refractivity contribution in [3.63, 3.8) is 0 Å². The first-order valence-corrected chi connectivity index (χ1v) is 8.90. The first kappa shape index (κ1) is 14.6. The molecule has 3 aromatic rings. The van der Waals surface area contributed by atoms with Crippen LogP contribution in [-0.2, 0) is 6.42 Å². The molecule has 2 aliphatic rings. The van der Waals surface area contributed by atoms with Gasteiger partial charge in [-0.15, -0.1) is 0 Å². The summed E-state index contributed by atoms with van der Waals surface area (Å²) >= 11 is 0. The van der Waals surface area contributed by atoms with Crippen LogP contribution in [0.5, 0.6) is 0 Å². The normalized spacial score (nSPS) is 23.5. The van der Waals surface area contributed by atoms with E-state index in [1.807, 2.05) is 31.3 Å². The molecule has 3 unspecified atom stereocenters. The number of hydrogen-bond acceptors (Lipinski definition) is 4. The third kappa shape index (κ3) is 2.58. The largest absolute Gasteiger partial charge is 0.366 e. The van der Waals surface area contributed by atoms with Crippen molar-refractivity contribution in [1.29, 1.82) is 0 Å². The number of fused-ring (bicyclic) bond motifs is 3. The monoisotopic (exact) mass is 328 g/mol. The lowest BCUT2D eigenvalue weighted by Gasteiger charge is -2.13. The molecule has 5 rings (SSSR count). The minimum Gasteiger partial charge on any atom is -0.366 e. The van der Waals surface area contributed by atoms with Crippen molar-refractivity contribution in [2.24, 2.45) is 5.92 Å². The molecule has 1 aromatic carbocycles. The van der Waals surface area contributed by atoms with Crippen LogP contribution < -0.4 is 5.32 Å². The highest BCUT2D eigenvalue weighted by molar-refractivity contribution is 5.57. The lowest BCUT2D eigenvalue weighted by molar-refractivity contribution is 0.661. The van der Waals surface area contributed by atoms with Crippen molar-refractivity contribution < 1.29 is 0 Å². The molecule has 0 radical (unpaired) electrons. The first-order chi connectivity index (χ1) is 12.3. The molecule has 4 heteroatoms. The van der Waals surface area contributed by atoms with Crippen LogP contribution in [0, 0.1) is 12.8 Å². The fraction of sp³-hybridized carbons (Fsp3) is 0.286. The molecule has 0 spiro atoms. The fourth-order valence-corrected chi connectivity index (χ4v) is 4.20. The molecule has 2 heterocycles. The Morgan fingerprint density at radius 3 is 2.88 bits per heavy atom. The van der Waals surface area contributed by atoms with Crippen molar-refractivity contribution in [1.82, 2.24) is 15.0 Å². The third-order valence-corrected chi connectivity index (χ3v) is 5.42. The zero-order chi connectivity index (χ0) is 16.8. The van der Waals surface area contributed by atoms with Crippen molar-refractivity contribution in [3.8, 4) is 11.4 Å². The molecule has 0 saturated heterocycles. The minimum atomic E-state index is 0.486. The molecule has 2 aliphatic carbocycles. The maximum Gasteiger partial charge on any atom is 0.163 e. The Morgan fingerprint density at radius 2 is 2.00 bits per heavy atom. The minimum absolute atomic E-state index is 0.486. The van der Waals surface area contributed by atoms with Gasteiger partial charge in [-0.1, -0.05) is 24.3 Å². The Bertz CT molecular complexity index is 922. The van der Waals surface area contributed by atoms with Gasteiger partial charge in [-0.05, 0) is 48.9 Å². The van der Waals surface area contributed by atoms with Crippen LogP contribution in [0.4, 0.5) is 5.82 Å². The second kappa shape index (κ2) is 5.66. The summed E-state index contributed by atoms with van der Waals surface area (Å²) in [7, 11) is 0. The summed E-state index contributed by atoms with van der Waals surface area (Å²) in [6.45, 7) is 2.02. The standard InChI is InChI=1S/C21H20N4/c1-13-11-18(25-21(23-13)15-6-4-10-22-12-15)24-20-17-9-8-14-5-2-3-7-16(14)19(17)20/h2-7,10-12,17,19-20H,8-9H2,1H3,(H,23,24,25). The number of pyridine rings is 1. The maximum atomic E-state index is 4.74. The highest BCUT2D eigenvalue weighted by Crippen LogP contribution is 2.55. The molecule has 1 N–H and O–H groups in total. The Hall–Kier alpha value is -2.75. The van der Waals surface area contributed by atoms with Crippen molar-refractivity contribution in [2.45, 2.75) is 31.7 Å². The van der Waals surface area contributed by atoms with E-state index in [9.17, 15) is 0 Å². The van der Waals surface area contributed by atoms with Gasteiger partial charge < -0.3 is 5.32 Å². The Labute approximate surface area is 147 Å². The Morgan fingerprint density at radius 1 is 1.08 bits per heavy atom. The van der Waals surface area contributed by atoms with E-state index >= 15 is 0 Å². The van der Waals surface area contributed by atoms with Gasteiger partial charge in [-0.25, -0.2) is 9.97 Å². The number of nitrogens with zero attached hydrogens (tertiary/aromatic N) is 3. The number of hydrogen-bond donors (Lipinski definition) is 1. The quantitative estimate of drug-likeness (QED) is 0.790. The molecule has 2 aromatic heterocycles. The van der Waals surface area contributed by atoms with Gasteiger partial charge in [-0.2, -0.15) is 0 Å². The summed E-state index contributed by atoms with van der Waals surface area (Å²) in [5.41, 5.74) is 4.96. The smallest absolute Gasteiger partial charge is 0.163 e. The van der Waals surface area contributed by atoms with Gasteiger partial charge in [0.1, 0.15) is 5.82 Å². The molecule has 0 amide bonds. The van der Waals surface area contributed by atoms with Gasteiger partial charge >= 0.3 is 0 Å². The molecule has 1 fully saturated rings. The summed E-state index contributed by atoms with van der Waals surface area (Å²) in [6.07, 6.45) is 6.04. The number of aromatic nitrogens is 3. The van der Waals surface area contributed by atoms with Gasteiger partial charge in [0.15, 0.2) is 5.82 Å². The van der Waals surface area contributed by atoms with E-state index < -0.39 is 0 Å². The molecule has 0 bridgehead atoms. The summed E-state index contributed by atoms with van der Waals surface area (Å²) in [5.74, 6) is 3.01. The average molecular weight is 328 g/mol. The second-order valence-electron chi connectivity index (χ2n) is 7.06. The SMILES string of the molecule is Cc1cc(NC2C3CCc4ccccc4C32)nc(-c2cccnc2)n1. The maximum absolute atomic E-state index is 4.74. The predicted molar refractivity (Wildman–Crippen MR) is 98.4 cm³/mol. The number of nitrogens with one attached hydrogen (secondary N) is 1. The van der Waals surface area contributed by atoms with E-state index in [1.54, 1.807) is 6.20 Å². The van der Waals surface area contributed by atoms with Crippen molar-refractivity contribution in [2.75, 3.05) is 5.32 Å². The van der Waals surface area contributed by atoms with E-state index in [2.05, 4.69) is 39.6 Å². The van der Waals surface area contributed by atoms with Gasteiger partial charge in [0.25, 0.3) is 0 Å². The predicted octanol–water partition coefficient (Wildman–Crippen LogP) is 3.99. The van der Waals surface area contributed by atoms with Crippen LogP contribution in [0.3, 0.4) is 0 Å². The topological polar surface area (TPSA) is 50.7 Å².